The smallest absolute Gasteiger partial charge is 0.219 e. The van der Waals surface area contributed by atoms with Crippen LogP contribution in [0.5, 0.6) is 0 Å². The zero-order valence-electron chi connectivity index (χ0n) is 7.21. The Kier molecular flexibility index (Phi) is 3.47. The molecule has 1 heterocycles. The van der Waals surface area contributed by atoms with Gasteiger partial charge in [0.25, 0.3) is 0 Å². The quantitative estimate of drug-likeness (QED) is 0.871. The van der Waals surface area contributed by atoms with E-state index in [1.54, 1.807) is 11.3 Å². The third-order valence-corrected chi connectivity index (χ3v) is 3.93. The van der Waals surface area contributed by atoms with Crippen molar-refractivity contribution >= 4 is 33.2 Å². The third kappa shape index (κ3) is 2.79. The summed E-state index contributed by atoms with van der Waals surface area (Å²) in [4.78, 5) is 12.8. The molecule has 0 spiro atoms. The van der Waals surface area contributed by atoms with Crippen molar-refractivity contribution in [1.29, 1.82) is 0 Å². The van der Waals surface area contributed by atoms with Gasteiger partial charge >= 0.3 is 0 Å². The minimum absolute atomic E-state index is 0.201. The van der Waals surface area contributed by atoms with Crippen LogP contribution in [0.2, 0.25) is 0 Å². The normalized spacial score (nSPS) is 12.8. The second-order valence-electron chi connectivity index (χ2n) is 2.83. The summed E-state index contributed by atoms with van der Waals surface area (Å²) in [6.45, 7) is 2.00. The van der Waals surface area contributed by atoms with E-state index in [0.717, 1.165) is 14.2 Å². The molecule has 1 atom stereocenters. The van der Waals surface area contributed by atoms with Crippen LogP contribution in [0, 0.1) is 6.92 Å². The second-order valence-corrected chi connectivity index (χ2v) is 4.97. The summed E-state index contributed by atoms with van der Waals surface area (Å²) in [6.07, 6.45) is 0.201. The van der Waals surface area contributed by atoms with E-state index in [-0.39, 0.29) is 18.4 Å². The topological polar surface area (TPSA) is 69.1 Å². The van der Waals surface area contributed by atoms with Crippen LogP contribution >= 0.6 is 27.3 Å². The minimum atomic E-state index is -0.366. The lowest BCUT2D eigenvalue weighted by Gasteiger charge is -2.05. The molecule has 1 aromatic heterocycles. The Labute approximate surface area is 89.2 Å². The van der Waals surface area contributed by atoms with Gasteiger partial charge in [-0.15, -0.1) is 11.3 Å². The Morgan fingerprint density at radius 1 is 1.77 bits per heavy atom. The molecular formula is C8H11BrN2OS. The van der Waals surface area contributed by atoms with Crippen LogP contribution in [0.25, 0.3) is 0 Å². The molecular weight excluding hydrogens is 252 g/mol. The maximum atomic E-state index is 10.6. The maximum Gasteiger partial charge on any atom is 0.219 e. The summed E-state index contributed by atoms with van der Waals surface area (Å²) >= 11 is 4.97. The van der Waals surface area contributed by atoms with Gasteiger partial charge in [0.1, 0.15) is 0 Å². The molecule has 4 N–H and O–H groups in total. The van der Waals surface area contributed by atoms with Crippen LogP contribution in [0.1, 0.15) is 22.2 Å². The number of nitrogens with two attached hydrogens (primary N) is 2. The summed E-state index contributed by atoms with van der Waals surface area (Å²) in [6, 6.07) is 1.67. The average Bonchev–Trinajstić information content (AvgIpc) is 2.31. The van der Waals surface area contributed by atoms with Crippen molar-refractivity contribution in [2.75, 3.05) is 0 Å². The molecule has 72 valence electrons. The molecule has 0 aliphatic rings. The van der Waals surface area contributed by atoms with Gasteiger partial charge in [-0.3, -0.25) is 4.79 Å². The third-order valence-electron chi connectivity index (χ3n) is 1.66. The highest BCUT2D eigenvalue weighted by Crippen LogP contribution is 2.30. The fourth-order valence-electron chi connectivity index (χ4n) is 0.982. The molecule has 0 unspecified atom stereocenters. The minimum Gasteiger partial charge on any atom is -0.370 e. The molecule has 1 aromatic rings. The first-order valence-electron chi connectivity index (χ1n) is 3.80. The summed E-state index contributed by atoms with van der Waals surface area (Å²) in [5.41, 5.74) is 10.8. The average molecular weight is 263 g/mol. The van der Waals surface area contributed by atoms with Gasteiger partial charge in [-0.2, -0.15) is 0 Å². The predicted molar refractivity (Wildman–Crippen MR) is 57.5 cm³/mol. The van der Waals surface area contributed by atoms with E-state index in [1.807, 2.05) is 13.0 Å². The van der Waals surface area contributed by atoms with Crippen LogP contribution in [0.4, 0.5) is 0 Å². The van der Waals surface area contributed by atoms with Crippen molar-refractivity contribution in [2.45, 2.75) is 19.4 Å². The number of carbonyl (C=O) groups excluding carboxylic acids is 1. The largest absolute Gasteiger partial charge is 0.370 e. The van der Waals surface area contributed by atoms with Crippen LogP contribution in [-0.4, -0.2) is 5.91 Å². The van der Waals surface area contributed by atoms with Crippen molar-refractivity contribution in [3.05, 3.63) is 20.3 Å². The molecule has 0 fully saturated rings. The first-order valence-corrected chi connectivity index (χ1v) is 5.41. The van der Waals surface area contributed by atoms with Crippen molar-refractivity contribution < 1.29 is 4.79 Å². The Balaban J connectivity index is 2.77. The molecule has 0 aromatic carbocycles. The number of carbonyl (C=O) groups is 1. The van der Waals surface area contributed by atoms with Gasteiger partial charge in [0.15, 0.2) is 0 Å². The number of hydrogen-bond acceptors (Lipinski definition) is 3. The molecule has 1 rings (SSSR count). The van der Waals surface area contributed by atoms with Gasteiger partial charge in [-0.25, -0.2) is 0 Å². The van der Waals surface area contributed by atoms with Crippen molar-refractivity contribution in [1.82, 2.24) is 0 Å². The van der Waals surface area contributed by atoms with E-state index in [1.165, 1.54) is 0 Å². The van der Waals surface area contributed by atoms with E-state index in [0.29, 0.717) is 0 Å². The highest BCUT2D eigenvalue weighted by atomic mass is 79.9. The van der Waals surface area contributed by atoms with Gasteiger partial charge < -0.3 is 11.5 Å². The summed E-state index contributed by atoms with van der Waals surface area (Å²) in [5, 5.41) is 0. The highest BCUT2D eigenvalue weighted by Gasteiger charge is 2.12. The molecule has 0 saturated heterocycles. The Morgan fingerprint density at radius 2 is 2.38 bits per heavy atom. The van der Waals surface area contributed by atoms with Gasteiger partial charge in [-0.05, 0) is 28.9 Å². The molecule has 3 nitrogen and oxygen atoms in total. The summed E-state index contributed by atoms with van der Waals surface area (Å²) in [7, 11) is 0. The highest BCUT2D eigenvalue weighted by molar-refractivity contribution is 9.10. The van der Waals surface area contributed by atoms with E-state index >= 15 is 0 Å². The van der Waals surface area contributed by atoms with E-state index in [4.69, 9.17) is 11.5 Å². The van der Waals surface area contributed by atoms with Gasteiger partial charge in [0, 0.05) is 26.7 Å². The molecule has 0 bridgehead atoms. The summed E-state index contributed by atoms with van der Waals surface area (Å²) < 4.78 is 1.03. The number of rotatable bonds is 3. The second kappa shape index (κ2) is 4.21. The van der Waals surface area contributed by atoms with Crippen LogP contribution < -0.4 is 11.5 Å². The Hall–Kier alpha value is -0.390. The molecule has 0 saturated carbocycles. The number of hydrogen-bond donors (Lipinski definition) is 2. The Morgan fingerprint density at radius 3 is 2.77 bits per heavy atom. The SMILES string of the molecule is Cc1sc([C@H](N)CC(N)=O)cc1Br. The molecule has 13 heavy (non-hydrogen) atoms. The van der Waals surface area contributed by atoms with Crippen LogP contribution in [-0.2, 0) is 4.79 Å². The number of halogens is 1. The van der Waals surface area contributed by atoms with Crippen LogP contribution in [0.15, 0.2) is 10.5 Å². The van der Waals surface area contributed by atoms with Crippen LogP contribution in [0.3, 0.4) is 0 Å². The number of amides is 1. The van der Waals surface area contributed by atoms with Gasteiger partial charge in [0.05, 0.1) is 0 Å². The fourth-order valence-corrected chi connectivity index (χ4v) is 2.54. The zero-order valence-corrected chi connectivity index (χ0v) is 9.61. The summed E-state index contributed by atoms with van der Waals surface area (Å²) in [5.74, 6) is -0.366. The standard InChI is InChI=1S/C8H11BrN2OS/c1-4-5(9)2-7(13-4)6(10)3-8(11)12/h2,6H,3,10H2,1H3,(H2,11,12)/t6-/m1/s1. The predicted octanol–water partition coefficient (Wildman–Crippen LogP) is 1.69. The molecule has 0 aliphatic carbocycles. The fraction of sp³-hybridized carbons (Fsp3) is 0.375. The number of primary amides is 1. The lowest BCUT2D eigenvalue weighted by atomic mass is 10.2. The van der Waals surface area contributed by atoms with Gasteiger partial charge in [0.2, 0.25) is 5.91 Å². The first-order chi connectivity index (χ1) is 6.00. The Bertz CT molecular complexity index is 304. The maximum absolute atomic E-state index is 10.6. The zero-order chi connectivity index (χ0) is 10.0. The van der Waals surface area contributed by atoms with Crippen molar-refractivity contribution in [3.63, 3.8) is 0 Å². The van der Waals surface area contributed by atoms with E-state index < -0.39 is 0 Å². The van der Waals surface area contributed by atoms with E-state index in [2.05, 4.69) is 15.9 Å². The van der Waals surface area contributed by atoms with Crippen molar-refractivity contribution in [2.24, 2.45) is 11.5 Å². The number of aryl methyl sites for hydroxylation is 1. The van der Waals surface area contributed by atoms with Crippen molar-refractivity contribution in [3.8, 4) is 0 Å². The molecule has 0 aliphatic heterocycles. The first kappa shape index (κ1) is 10.7. The monoisotopic (exact) mass is 262 g/mol. The lowest BCUT2D eigenvalue weighted by Crippen LogP contribution is -2.19. The molecule has 5 heteroatoms. The number of thiophene rings is 1. The molecule has 1 amide bonds. The molecule has 0 radical (unpaired) electrons. The lowest BCUT2D eigenvalue weighted by molar-refractivity contribution is -0.118. The van der Waals surface area contributed by atoms with E-state index in [9.17, 15) is 4.79 Å². The van der Waals surface area contributed by atoms with Gasteiger partial charge in [-0.1, -0.05) is 0 Å².